The first-order valence-electron chi connectivity index (χ1n) is 4.37. The fraction of sp³-hybridized carbons (Fsp3) is 0.857. The van der Waals surface area contributed by atoms with E-state index in [1.165, 1.54) is 0 Å². The van der Waals surface area contributed by atoms with E-state index in [4.69, 9.17) is 12.2 Å². The topological polar surface area (TPSA) is 75.3 Å². The van der Waals surface area contributed by atoms with Crippen LogP contribution in [0.5, 0.6) is 0 Å². The minimum Gasteiger partial charge on any atom is -0.480 e. The normalized spacial score (nSPS) is 14.1. The summed E-state index contributed by atoms with van der Waals surface area (Å²) in [6, 6.07) is -0.735. The van der Waals surface area contributed by atoms with Gasteiger partial charge in [-0.15, -0.1) is 0 Å². The monoisotopic (exact) mass is 161 g/mol. The third kappa shape index (κ3) is 5.82. The van der Waals surface area contributed by atoms with Gasteiger partial charge in [0, 0.05) is 1.37 Å². The first-order chi connectivity index (χ1) is 5.68. The molecule has 0 aromatic rings. The van der Waals surface area contributed by atoms with Crippen molar-refractivity contribution in [3.63, 3.8) is 0 Å². The van der Waals surface area contributed by atoms with Gasteiger partial charge in [-0.1, -0.05) is 6.42 Å². The van der Waals surface area contributed by atoms with Crippen molar-refractivity contribution < 1.29 is 11.3 Å². The van der Waals surface area contributed by atoms with E-state index in [0.29, 0.717) is 6.42 Å². The van der Waals surface area contributed by atoms with Gasteiger partial charge in [0.1, 0.15) is 6.04 Å². The average Bonchev–Trinajstić information content (AvgIpc) is 2.03. The van der Waals surface area contributed by atoms with Crippen LogP contribution in [0.25, 0.3) is 0 Å². The maximum Gasteiger partial charge on any atom is 0.320 e. The fourth-order valence-corrected chi connectivity index (χ4v) is 0.738. The van der Waals surface area contributed by atoms with E-state index in [0.717, 1.165) is 19.4 Å². The van der Waals surface area contributed by atoms with Gasteiger partial charge in [-0.05, 0) is 26.4 Å². The molecule has 0 aromatic carbocycles. The third-order valence-corrected chi connectivity index (χ3v) is 1.44. The summed E-state index contributed by atoms with van der Waals surface area (Å²) in [5.74, 6) is -0.941. The predicted octanol–water partition coefficient (Wildman–Crippen LogP) is -0.212. The Balaban J connectivity index is 3.14. The first kappa shape index (κ1) is 8.49. The van der Waals surface area contributed by atoms with Crippen LogP contribution >= 0.6 is 0 Å². The Bertz CT molecular complexity index is 133. The van der Waals surface area contributed by atoms with E-state index < -0.39 is 12.0 Å². The van der Waals surface area contributed by atoms with Gasteiger partial charge in [-0.2, -0.15) is 0 Å². The van der Waals surface area contributed by atoms with E-state index in [1.54, 1.807) is 0 Å². The highest BCUT2D eigenvalue weighted by atomic mass is 16.4. The van der Waals surface area contributed by atoms with Crippen LogP contribution in [-0.4, -0.2) is 30.7 Å². The van der Waals surface area contributed by atoms with Crippen LogP contribution in [0.1, 0.15) is 20.6 Å². The molecule has 0 heterocycles. The van der Waals surface area contributed by atoms with Gasteiger partial charge in [0.25, 0.3) is 0 Å². The Morgan fingerprint density at radius 1 is 1.82 bits per heavy atom. The second kappa shape index (κ2) is 6.12. The fourth-order valence-electron chi connectivity index (χ4n) is 0.738. The smallest absolute Gasteiger partial charge is 0.320 e. The van der Waals surface area contributed by atoms with E-state index in [9.17, 15) is 4.79 Å². The number of carboxylic acid groups (broad SMARTS) is 1. The van der Waals surface area contributed by atoms with Crippen LogP contribution in [0.15, 0.2) is 0 Å². The highest BCUT2D eigenvalue weighted by molar-refractivity contribution is 5.72. The number of carboxylic acids is 1. The third-order valence-electron chi connectivity index (χ3n) is 1.44. The summed E-state index contributed by atoms with van der Waals surface area (Å²) in [4.78, 5) is 10.2. The van der Waals surface area contributed by atoms with Crippen molar-refractivity contribution in [2.75, 3.05) is 13.6 Å². The first-order valence-corrected chi connectivity index (χ1v) is 3.67. The van der Waals surface area contributed by atoms with Gasteiger partial charge in [-0.25, -0.2) is 0 Å². The quantitative estimate of drug-likeness (QED) is 0.471. The lowest BCUT2D eigenvalue weighted by Gasteiger charge is -2.04. The number of carbonyl (C=O) groups is 1. The lowest BCUT2D eigenvalue weighted by molar-refractivity contribution is -0.138. The number of hydrogen-bond donors (Lipinski definition) is 3. The number of aliphatic carboxylic acids is 1. The molecule has 4 heteroatoms. The van der Waals surface area contributed by atoms with Crippen molar-refractivity contribution in [2.24, 2.45) is 5.73 Å². The zero-order chi connectivity index (χ0) is 9.40. The van der Waals surface area contributed by atoms with Crippen molar-refractivity contribution in [1.82, 2.24) is 5.32 Å². The largest absolute Gasteiger partial charge is 0.480 e. The van der Waals surface area contributed by atoms with Crippen LogP contribution in [-0.2, 0) is 4.79 Å². The molecule has 0 aliphatic heterocycles. The van der Waals surface area contributed by atoms with Crippen LogP contribution in [0, 0.1) is 0 Å². The zero-order valence-corrected chi connectivity index (χ0v) is 6.55. The molecule has 4 N–H and O–H groups in total. The Morgan fingerprint density at radius 3 is 3.09 bits per heavy atom. The number of nitrogens with one attached hydrogen (secondary N) is 1. The highest BCUT2D eigenvalue weighted by Gasteiger charge is 2.09. The number of rotatable bonds is 6. The molecule has 0 aliphatic rings. The van der Waals surface area contributed by atoms with Crippen molar-refractivity contribution >= 4 is 5.97 Å². The second-order valence-corrected chi connectivity index (χ2v) is 2.44. The summed E-state index contributed by atoms with van der Waals surface area (Å²) in [5.41, 5.74) is 5.27. The molecule has 0 aliphatic carbocycles. The molecule has 0 saturated heterocycles. The van der Waals surface area contributed by atoms with E-state index in [1.807, 2.05) is 0 Å². The van der Waals surface area contributed by atoms with E-state index in [2.05, 4.69) is 5.32 Å². The zero-order valence-electron chi connectivity index (χ0n) is 7.55. The summed E-state index contributed by atoms with van der Waals surface area (Å²) in [5, 5.41) is 11.2. The molecule has 0 fully saturated rings. The molecule has 66 valence electrons. The molecule has 1 atom stereocenters. The summed E-state index contributed by atoms with van der Waals surface area (Å²) in [6.07, 6.45) is 2.18. The molecular weight excluding hydrogens is 144 g/mol. The molecule has 0 rings (SSSR count). The predicted molar refractivity (Wildman–Crippen MR) is 43.4 cm³/mol. The van der Waals surface area contributed by atoms with Crippen LogP contribution in [0.3, 0.4) is 0 Å². The van der Waals surface area contributed by atoms with Crippen LogP contribution < -0.4 is 11.1 Å². The summed E-state index contributed by atoms with van der Waals surface area (Å²) in [6.45, 7) is 0.760. The average molecular weight is 161 g/mol. The molecule has 11 heavy (non-hydrogen) atoms. The Hall–Kier alpha value is -0.610. The molecule has 0 saturated carbocycles. The molecule has 0 spiro atoms. The van der Waals surface area contributed by atoms with Gasteiger partial charge in [0.05, 0.1) is 0 Å². The molecule has 0 radical (unpaired) electrons. The lowest BCUT2D eigenvalue weighted by Crippen LogP contribution is -2.29. The standard InChI is InChI=1S/C7H16N2O2/c1-9-5-3-2-4-6(8)7(10)11/h6,9H,2-5,8H2,1H3,(H,10,11)/t6-/m0/s1/i1D. The Morgan fingerprint density at radius 2 is 2.55 bits per heavy atom. The highest BCUT2D eigenvalue weighted by Crippen LogP contribution is 1.97. The lowest BCUT2D eigenvalue weighted by atomic mass is 10.1. The maximum absolute atomic E-state index is 10.2. The molecule has 0 unspecified atom stereocenters. The van der Waals surface area contributed by atoms with Gasteiger partial charge in [0.2, 0.25) is 0 Å². The number of hydrogen-bond acceptors (Lipinski definition) is 3. The van der Waals surface area contributed by atoms with Crippen molar-refractivity contribution in [3.8, 4) is 0 Å². The molecule has 0 bridgehead atoms. The Labute approximate surface area is 68.2 Å². The SMILES string of the molecule is [2H]CNCCCC[C@H](N)C(=O)O. The molecule has 4 nitrogen and oxygen atoms in total. The maximum atomic E-state index is 10.2. The van der Waals surface area contributed by atoms with Gasteiger partial charge >= 0.3 is 5.97 Å². The van der Waals surface area contributed by atoms with Crippen molar-refractivity contribution in [1.29, 1.82) is 0 Å². The summed E-state index contributed by atoms with van der Waals surface area (Å²) in [7, 11) is 0.213. The molecular formula is C7H16N2O2. The van der Waals surface area contributed by atoms with Gasteiger partial charge < -0.3 is 16.2 Å². The van der Waals surface area contributed by atoms with E-state index >= 15 is 0 Å². The molecule has 0 aromatic heterocycles. The van der Waals surface area contributed by atoms with Gasteiger partial charge in [0.15, 0.2) is 0 Å². The van der Waals surface area contributed by atoms with Crippen LogP contribution in [0.4, 0.5) is 0 Å². The van der Waals surface area contributed by atoms with Gasteiger partial charge in [-0.3, -0.25) is 4.79 Å². The van der Waals surface area contributed by atoms with Crippen molar-refractivity contribution in [2.45, 2.75) is 25.3 Å². The number of nitrogens with two attached hydrogens (primary N) is 1. The summed E-state index contributed by atoms with van der Waals surface area (Å²) >= 11 is 0. The minimum absolute atomic E-state index is 0.213. The molecule has 0 amide bonds. The van der Waals surface area contributed by atoms with E-state index in [-0.39, 0.29) is 7.02 Å². The minimum atomic E-state index is -0.941. The second-order valence-electron chi connectivity index (χ2n) is 2.44. The Kier molecular flexibility index (Phi) is 4.72. The van der Waals surface area contributed by atoms with Crippen molar-refractivity contribution in [3.05, 3.63) is 0 Å². The summed E-state index contributed by atoms with van der Waals surface area (Å²) < 4.78 is 6.76. The number of unbranched alkanes of at least 4 members (excludes halogenated alkanes) is 1. The van der Waals surface area contributed by atoms with Crippen LogP contribution in [0.2, 0.25) is 0 Å².